The number of ether oxygens (including phenoxy) is 2. The molecule has 0 aliphatic carbocycles. The number of nitrogens with two attached hydrogens (primary N) is 1. The lowest BCUT2D eigenvalue weighted by atomic mass is 10.3. The highest BCUT2D eigenvalue weighted by Gasteiger charge is 2.04. The average Bonchev–Trinajstić information content (AvgIpc) is 2.47. The van der Waals surface area contributed by atoms with E-state index in [1.54, 1.807) is 7.11 Å². The van der Waals surface area contributed by atoms with Crippen molar-refractivity contribution in [3.8, 4) is 11.8 Å². The van der Waals surface area contributed by atoms with E-state index in [0.717, 1.165) is 37.5 Å². The van der Waals surface area contributed by atoms with Gasteiger partial charge in [-0.2, -0.15) is 5.26 Å². The van der Waals surface area contributed by atoms with Crippen molar-refractivity contribution in [3.05, 3.63) is 24.3 Å². The zero-order valence-electron chi connectivity index (χ0n) is 12.0. The Bertz CT molecular complexity index is 401. The van der Waals surface area contributed by atoms with Gasteiger partial charge in [-0.1, -0.05) is 0 Å². The fourth-order valence-electron chi connectivity index (χ4n) is 1.81. The summed E-state index contributed by atoms with van der Waals surface area (Å²) in [5.74, 6) is 0.833. The summed E-state index contributed by atoms with van der Waals surface area (Å²) in [6, 6.07) is 9.56. The highest BCUT2D eigenvalue weighted by molar-refractivity contribution is 5.41. The summed E-state index contributed by atoms with van der Waals surface area (Å²) in [5, 5.41) is 8.64. The van der Waals surface area contributed by atoms with E-state index >= 15 is 0 Å². The van der Waals surface area contributed by atoms with Crippen molar-refractivity contribution < 1.29 is 9.47 Å². The Hall–Kier alpha value is -1.77. The second kappa shape index (κ2) is 10.1. The van der Waals surface area contributed by atoms with Gasteiger partial charge in [-0.15, -0.1) is 0 Å². The molecule has 0 amide bonds. The molecule has 2 N–H and O–H groups in total. The zero-order valence-corrected chi connectivity index (χ0v) is 12.0. The van der Waals surface area contributed by atoms with Crippen LogP contribution in [0.3, 0.4) is 0 Å². The molecule has 0 saturated carbocycles. The topological polar surface area (TPSA) is 71.5 Å². The van der Waals surface area contributed by atoms with E-state index in [1.807, 2.05) is 24.3 Å². The van der Waals surface area contributed by atoms with Gasteiger partial charge < -0.3 is 15.2 Å². The highest BCUT2D eigenvalue weighted by Crippen LogP contribution is 2.13. The molecule has 0 fully saturated rings. The first-order valence-electron chi connectivity index (χ1n) is 6.83. The fraction of sp³-hybridized carbons (Fsp3) is 0.533. The van der Waals surface area contributed by atoms with Gasteiger partial charge >= 0.3 is 0 Å². The summed E-state index contributed by atoms with van der Waals surface area (Å²) in [5.41, 5.74) is 6.35. The van der Waals surface area contributed by atoms with Crippen molar-refractivity contribution in [2.75, 3.05) is 45.7 Å². The van der Waals surface area contributed by atoms with Crippen LogP contribution in [-0.2, 0) is 4.74 Å². The summed E-state index contributed by atoms with van der Waals surface area (Å²) in [7, 11) is 1.69. The molecule has 1 rings (SSSR count). The molecular weight excluding hydrogens is 254 g/mol. The van der Waals surface area contributed by atoms with Crippen LogP contribution in [0.5, 0.6) is 5.75 Å². The van der Waals surface area contributed by atoms with Crippen LogP contribution in [0.2, 0.25) is 0 Å². The van der Waals surface area contributed by atoms with Crippen LogP contribution in [0.15, 0.2) is 24.3 Å². The Morgan fingerprint density at radius 1 is 1.15 bits per heavy atom. The van der Waals surface area contributed by atoms with Crippen LogP contribution >= 0.6 is 0 Å². The molecular formula is C15H23N3O2. The van der Waals surface area contributed by atoms with E-state index in [9.17, 15) is 0 Å². The third-order valence-corrected chi connectivity index (χ3v) is 2.92. The predicted molar refractivity (Wildman–Crippen MR) is 79.5 cm³/mol. The first kappa shape index (κ1) is 16.3. The quantitative estimate of drug-likeness (QED) is 0.522. The second-order valence-corrected chi connectivity index (χ2v) is 4.51. The van der Waals surface area contributed by atoms with Crippen molar-refractivity contribution in [1.29, 1.82) is 5.26 Å². The largest absolute Gasteiger partial charge is 0.494 e. The summed E-state index contributed by atoms with van der Waals surface area (Å²) in [4.78, 5) is 2.22. The van der Waals surface area contributed by atoms with Gasteiger partial charge in [-0.25, -0.2) is 0 Å². The van der Waals surface area contributed by atoms with Crippen molar-refractivity contribution in [3.63, 3.8) is 0 Å². The van der Waals surface area contributed by atoms with E-state index in [1.165, 1.54) is 0 Å². The molecule has 0 aliphatic rings. The normalized spacial score (nSPS) is 10.4. The summed E-state index contributed by atoms with van der Waals surface area (Å²) < 4.78 is 10.7. The minimum absolute atomic E-state index is 0.544. The number of methoxy groups -OCH3 is 1. The van der Waals surface area contributed by atoms with Crippen molar-refractivity contribution in [1.82, 2.24) is 4.90 Å². The van der Waals surface area contributed by atoms with Gasteiger partial charge in [0.05, 0.1) is 19.3 Å². The molecule has 110 valence electrons. The number of nitrogen functional groups attached to an aromatic ring is 1. The minimum atomic E-state index is 0.544. The number of anilines is 1. The molecule has 0 heterocycles. The van der Waals surface area contributed by atoms with Gasteiger partial charge in [0.2, 0.25) is 0 Å². The second-order valence-electron chi connectivity index (χ2n) is 4.51. The van der Waals surface area contributed by atoms with Gasteiger partial charge in [0.1, 0.15) is 5.75 Å². The van der Waals surface area contributed by atoms with E-state index in [4.69, 9.17) is 20.5 Å². The van der Waals surface area contributed by atoms with Gasteiger partial charge in [-0.05, 0) is 30.7 Å². The Morgan fingerprint density at radius 2 is 1.90 bits per heavy atom. The first-order valence-corrected chi connectivity index (χ1v) is 6.83. The van der Waals surface area contributed by atoms with Gasteiger partial charge in [0, 0.05) is 38.9 Å². The molecule has 0 bridgehead atoms. The Balaban J connectivity index is 2.22. The van der Waals surface area contributed by atoms with Crippen LogP contribution in [0.25, 0.3) is 0 Å². The van der Waals surface area contributed by atoms with Crippen molar-refractivity contribution in [2.45, 2.75) is 12.8 Å². The molecule has 1 aromatic rings. The maximum Gasteiger partial charge on any atom is 0.119 e. The van der Waals surface area contributed by atoms with Gasteiger partial charge in [0.25, 0.3) is 0 Å². The van der Waals surface area contributed by atoms with Crippen LogP contribution in [0, 0.1) is 11.3 Å². The number of hydrogen-bond acceptors (Lipinski definition) is 5. The standard InChI is InChI=1S/C15H23N3O2/c1-19-13-11-18(9-2-8-16)10-3-12-20-15-6-4-14(17)5-7-15/h4-7H,2-3,9-13,17H2,1H3. The van der Waals surface area contributed by atoms with Crippen molar-refractivity contribution >= 4 is 5.69 Å². The van der Waals surface area contributed by atoms with Crippen LogP contribution in [0.4, 0.5) is 5.69 Å². The Morgan fingerprint density at radius 3 is 2.55 bits per heavy atom. The maximum atomic E-state index is 8.64. The molecule has 5 heteroatoms. The lowest BCUT2D eigenvalue weighted by Gasteiger charge is -2.20. The number of nitriles is 1. The van der Waals surface area contributed by atoms with Crippen LogP contribution in [0.1, 0.15) is 12.8 Å². The van der Waals surface area contributed by atoms with Crippen molar-refractivity contribution in [2.24, 2.45) is 0 Å². The smallest absolute Gasteiger partial charge is 0.119 e. The molecule has 0 aliphatic heterocycles. The Labute approximate surface area is 120 Å². The van der Waals surface area contributed by atoms with E-state index in [-0.39, 0.29) is 0 Å². The lowest BCUT2D eigenvalue weighted by Crippen LogP contribution is -2.30. The van der Waals surface area contributed by atoms with Crippen LogP contribution in [-0.4, -0.2) is 44.9 Å². The number of hydrogen-bond donors (Lipinski definition) is 1. The summed E-state index contributed by atoms with van der Waals surface area (Å²) in [6.45, 7) is 3.87. The molecule has 0 saturated heterocycles. The molecule has 1 aromatic carbocycles. The highest BCUT2D eigenvalue weighted by atomic mass is 16.5. The maximum absolute atomic E-state index is 8.64. The Kier molecular flexibility index (Phi) is 8.20. The molecule has 0 radical (unpaired) electrons. The molecule has 5 nitrogen and oxygen atoms in total. The van der Waals surface area contributed by atoms with Gasteiger partial charge in [0.15, 0.2) is 0 Å². The zero-order chi connectivity index (χ0) is 14.6. The number of benzene rings is 1. The van der Waals surface area contributed by atoms with Gasteiger partial charge in [-0.3, -0.25) is 4.90 Å². The molecule has 0 atom stereocenters. The van der Waals surface area contributed by atoms with E-state index in [2.05, 4.69) is 11.0 Å². The van der Waals surface area contributed by atoms with Crippen LogP contribution < -0.4 is 10.5 Å². The molecule has 0 aromatic heterocycles. The number of nitrogens with zero attached hydrogens (tertiary/aromatic N) is 2. The average molecular weight is 277 g/mol. The minimum Gasteiger partial charge on any atom is -0.494 e. The summed E-state index contributed by atoms with van der Waals surface area (Å²) >= 11 is 0. The SMILES string of the molecule is COCCN(CCC#N)CCCOc1ccc(N)cc1. The molecule has 0 unspecified atom stereocenters. The van der Waals surface area contributed by atoms with E-state index < -0.39 is 0 Å². The number of rotatable bonds is 10. The fourth-order valence-corrected chi connectivity index (χ4v) is 1.81. The lowest BCUT2D eigenvalue weighted by molar-refractivity contribution is 0.144. The molecule has 20 heavy (non-hydrogen) atoms. The predicted octanol–water partition coefficient (Wildman–Crippen LogP) is 1.90. The van der Waals surface area contributed by atoms with E-state index in [0.29, 0.717) is 19.6 Å². The third-order valence-electron chi connectivity index (χ3n) is 2.92. The molecule has 0 spiro atoms. The third kappa shape index (κ3) is 6.98. The summed E-state index contributed by atoms with van der Waals surface area (Å²) in [6.07, 6.45) is 1.46. The monoisotopic (exact) mass is 277 g/mol. The first-order chi connectivity index (χ1) is 9.76.